The van der Waals surface area contributed by atoms with E-state index in [-0.39, 0.29) is 5.54 Å². The lowest BCUT2D eigenvalue weighted by atomic mass is 9.84. The predicted octanol–water partition coefficient (Wildman–Crippen LogP) is 3.03. The molecule has 1 aliphatic rings. The van der Waals surface area contributed by atoms with Gasteiger partial charge in [-0.25, -0.2) is 0 Å². The fraction of sp³-hybridized carbons (Fsp3) is 0.562. The van der Waals surface area contributed by atoms with Crippen LogP contribution in [0.3, 0.4) is 0 Å². The zero-order valence-corrected chi connectivity index (χ0v) is 11.5. The summed E-state index contributed by atoms with van der Waals surface area (Å²) in [5, 5.41) is 3.45. The summed E-state index contributed by atoms with van der Waals surface area (Å²) in [6, 6.07) is 8.30. The highest BCUT2D eigenvalue weighted by molar-refractivity contribution is 5.90. The fourth-order valence-corrected chi connectivity index (χ4v) is 2.88. The van der Waals surface area contributed by atoms with Crippen LogP contribution in [0.2, 0.25) is 0 Å². The number of hydrogen-bond donors (Lipinski definition) is 1. The number of aryl methyl sites for hydroxylation is 1. The lowest BCUT2D eigenvalue weighted by Gasteiger charge is -2.27. The summed E-state index contributed by atoms with van der Waals surface area (Å²) in [5.74, 6) is 0.366. The van der Waals surface area contributed by atoms with E-state index in [2.05, 4.69) is 43.4 Å². The summed E-state index contributed by atoms with van der Waals surface area (Å²) < 4.78 is 0. The molecule has 0 amide bonds. The number of hydrogen-bond acceptors (Lipinski definition) is 2. The Kier molecular flexibility index (Phi) is 4.18. The highest BCUT2D eigenvalue weighted by atomic mass is 16.1. The van der Waals surface area contributed by atoms with Crippen LogP contribution in [0, 0.1) is 6.92 Å². The second-order valence-electron chi connectivity index (χ2n) is 5.45. The van der Waals surface area contributed by atoms with Gasteiger partial charge in [0.25, 0.3) is 0 Å². The minimum Gasteiger partial charge on any atom is -0.305 e. The summed E-state index contributed by atoms with van der Waals surface area (Å²) in [6.45, 7) is 5.21. The number of carbonyl (C=O) groups excluding carboxylic acids is 1. The second-order valence-corrected chi connectivity index (χ2v) is 5.45. The standard InChI is InChI=1S/C16H23NO/c1-3-9-16(10-4-11-17-16)15(18)12-14-7-5-13(2)6-8-14/h5-8,17H,3-4,9-12H2,1-2H3. The number of Topliss-reactive ketones (excluding diaryl/α,β-unsaturated/α-hetero) is 1. The molecule has 0 spiro atoms. The SMILES string of the molecule is CCCC1(C(=O)Cc2ccc(C)cc2)CCCN1. The van der Waals surface area contributed by atoms with E-state index in [9.17, 15) is 4.79 Å². The summed E-state index contributed by atoms with van der Waals surface area (Å²) >= 11 is 0. The van der Waals surface area contributed by atoms with Gasteiger partial charge in [-0.05, 0) is 38.3 Å². The van der Waals surface area contributed by atoms with Crippen molar-refractivity contribution in [3.05, 3.63) is 35.4 Å². The topological polar surface area (TPSA) is 29.1 Å². The number of rotatable bonds is 5. The number of nitrogens with one attached hydrogen (secondary N) is 1. The summed E-state index contributed by atoms with van der Waals surface area (Å²) in [5.41, 5.74) is 2.14. The van der Waals surface area contributed by atoms with Crippen LogP contribution in [-0.2, 0) is 11.2 Å². The van der Waals surface area contributed by atoms with Crippen molar-refractivity contribution in [2.75, 3.05) is 6.54 Å². The lowest BCUT2D eigenvalue weighted by Crippen LogP contribution is -2.48. The molecule has 18 heavy (non-hydrogen) atoms. The zero-order chi connectivity index (χ0) is 13.0. The smallest absolute Gasteiger partial charge is 0.157 e. The first-order valence-corrected chi connectivity index (χ1v) is 7.00. The van der Waals surface area contributed by atoms with Crippen molar-refractivity contribution < 1.29 is 4.79 Å². The largest absolute Gasteiger partial charge is 0.305 e. The molecule has 1 aromatic carbocycles. The molecule has 0 saturated carbocycles. The Bertz CT molecular complexity index is 402. The fourth-order valence-electron chi connectivity index (χ4n) is 2.88. The molecular formula is C16H23NO. The number of ketones is 1. The quantitative estimate of drug-likeness (QED) is 0.864. The Morgan fingerprint density at radius 1 is 1.33 bits per heavy atom. The molecule has 0 bridgehead atoms. The molecule has 2 nitrogen and oxygen atoms in total. The predicted molar refractivity (Wildman–Crippen MR) is 74.8 cm³/mol. The Balaban J connectivity index is 2.07. The average Bonchev–Trinajstić information content (AvgIpc) is 2.82. The van der Waals surface area contributed by atoms with E-state index < -0.39 is 0 Å². The van der Waals surface area contributed by atoms with Crippen LogP contribution in [0.1, 0.15) is 43.7 Å². The first-order valence-electron chi connectivity index (χ1n) is 7.00. The molecule has 0 aromatic heterocycles. The van der Waals surface area contributed by atoms with Crippen LogP contribution >= 0.6 is 0 Å². The van der Waals surface area contributed by atoms with Gasteiger partial charge in [-0.2, -0.15) is 0 Å². The minimum absolute atomic E-state index is 0.236. The molecule has 1 fully saturated rings. The van der Waals surface area contributed by atoms with Gasteiger partial charge in [0.05, 0.1) is 5.54 Å². The van der Waals surface area contributed by atoms with Crippen LogP contribution in [-0.4, -0.2) is 17.9 Å². The number of benzene rings is 1. The Morgan fingerprint density at radius 2 is 2.06 bits per heavy atom. The lowest BCUT2D eigenvalue weighted by molar-refractivity contribution is -0.124. The van der Waals surface area contributed by atoms with Crippen molar-refractivity contribution in [3.8, 4) is 0 Å². The molecule has 1 atom stereocenters. The molecule has 1 aliphatic heterocycles. The maximum atomic E-state index is 12.5. The molecule has 1 unspecified atom stereocenters. The van der Waals surface area contributed by atoms with Gasteiger partial charge in [0, 0.05) is 6.42 Å². The van der Waals surface area contributed by atoms with Crippen molar-refractivity contribution in [1.29, 1.82) is 0 Å². The molecule has 2 rings (SSSR count). The van der Waals surface area contributed by atoms with Gasteiger partial charge in [-0.1, -0.05) is 43.2 Å². The zero-order valence-electron chi connectivity index (χ0n) is 11.5. The van der Waals surface area contributed by atoms with Crippen LogP contribution in [0.25, 0.3) is 0 Å². The molecule has 1 saturated heterocycles. The van der Waals surface area contributed by atoms with Crippen molar-refractivity contribution in [3.63, 3.8) is 0 Å². The summed E-state index contributed by atoms with van der Waals surface area (Å²) in [6.07, 6.45) is 4.72. The molecule has 1 aromatic rings. The van der Waals surface area contributed by atoms with Gasteiger partial charge < -0.3 is 5.32 Å². The third-order valence-corrected chi connectivity index (χ3v) is 3.94. The van der Waals surface area contributed by atoms with E-state index in [4.69, 9.17) is 0 Å². The molecule has 0 radical (unpaired) electrons. The highest BCUT2D eigenvalue weighted by Gasteiger charge is 2.39. The maximum absolute atomic E-state index is 12.5. The van der Waals surface area contributed by atoms with E-state index in [0.717, 1.165) is 37.8 Å². The minimum atomic E-state index is -0.236. The summed E-state index contributed by atoms with van der Waals surface area (Å²) in [7, 11) is 0. The summed E-state index contributed by atoms with van der Waals surface area (Å²) in [4.78, 5) is 12.5. The van der Waals surface area contributed by atoms with Gasteiger partial charge in [0.15, 0.2) is 5.78 Å². The van der Waals surface area contributed by atoms with Crippen LogP contribution in [0.15, 0.2) is 24.3 Å². The van der Waals surface area contributed by atoms with E-state index in [0.29, 0.717) is 12.2 Å². The van der Waals surface area contributed by atoms with Crippen LogP contribution in [0.4, 0.5) is 0 Å². The van der Waals surface area contributed by atoms with E-state index in [1.807, 2.05) is 0 Å². The third kappa shape index (κ3) is 2.81. The van der Waals surface area contributed by atoms with Gasteiger partial charge in [0.1, 0.15) is 0 Å². The van der Waals surface area contributed by atoms with Gasteiger partial charge in [0.2, 0.25) is 0 Å². The highest BCUT2D eigenvalue weighted by Crippen LogP contribution is 2.27. The number of carbonyl (C=O) groups is 1. The Hall–Kier alpha value is -1.15. The molecular weight excluding hydrogens is 222 g/mol. The van der Waals surface area contributed by atoms with Crippen LogP contribution < -0.4 is 5.32 Å². The van der Waals surface area contributed by atoms with Crippen molar-refractivity contribution in [2.24, 2.45) is 0 Å². The molecule has 2 heteroatoms. The van der Waals surface area contributed by atoms with Gasteiger partial charge in [-0.15, -0.1) is 0 Å². The monoisotopic (exact) mass is 245 g/mol. The van der Waals surface area contributed by atoms with Crippen molar-refractivity contribution >= 4 is 5.78 Å². The van der Waals surface area contributed by atoms with E-state index in [1.54, 1.807) is 0 Å². The van der Waals surface area contributed by atoms with Crippen molar-refractivity contribution in [2.45, 2.75) is 51.5 Å². The van der Waals surface area contributed by atoms with Gasteiger partial charge in [-0.3, -0.25) is 4.79 Å². The van der Waals surface area contributed by atoms with E-state index in [1.165, 1.54) is 5.56 Å². The third-order valence-electron chi connectivity index (χ3n) is 3.94. The molecule has 0 aliphatic carbocycles. The van der Waals surface area contributed by atoms with Crippen molar-refractivity contribution in [1.82, 2.24) is 5.32 Å². The second kappa shape index (κ2) is 5.66. The molecule has 1 N–H and O–H groups in total. The van der Waals surface area contributed by atoms with Gasteiger partial charge >= 0.3 is 0 Å². The first kappa shape index (κ1) is 13.3. The Morgan fingerprint density at radius 3 is 2.61 bits per heavy atom. The average molecular weight is 245 g/mol. The molecule has 98 valence electrons. The first-order chi connectivity index (χ1) is 8.66. The Labute approximate surface area is 110 Å². The van der Waals surface area contributed by atoms with Crippen LogP contribution in [0.5, 0.6) is 0 Å². The van der Waals surface area contributed by atoms with E-state index >= 15 is 0 Å². The normalized spacial score (nSPS) is 23.2. The molecule has 1 heterocycles. The maximum Gasteiger partial charge on any atom is 0.157 e.